The Kier molecular flexibility index (Phi) is 10.5. The van der Waals surface area contributed by atoms with E-state index in [2.05, 4.69) is 37.8 Å². The van der Waals surface area contributed by atoms with Crippen LogP contribution in [0.1, 0.15) is 36.9 Å². The van der Waals surface area contributed by atoms with Crippen molar-refractivity contribution in [3.05, 3.63) is 54.2 Å². The zero-order chi connectivity index (χ0) is 27.5. The molecule has 210 valence electrons. The van der Waals surface area contributed by atoms with E-state index in [1.54, 1.807) is 29.2 Å². The maximum Gasteiger partial charge on any atom is 0.326 e. The van der Waals surface area contributed by atoms with Crippen LogP contribution in [0.15, 0.2) is 43.0 Å². The van der Waals surface area contributed by atoms with E-state index in [0.717, 1.165) is 50.2 Å². The van der Waals surface area contributed by atoms with E-state index >= 15 is 0 Å². The molecule has 11 nitrogen and oxygen atoms in total. The zero-order valence-electron chi connectivity index (χ0n) is 22.3. The molecular weight excluding hydrogens is 503 g/mol. The SMILES string of the molecule is COC[C@@H](F)CN(CCCCc1ccc2c(n1)NCCC2)CC[C@H](Nc1cc(-n2cccn2)ncn1)C(=O)O. The first-order chi connectivity index (χ1) is 19.0. The van der Waals surface area contributed by atoms with Crippen LogP contribution in [-0.4, -0.2) is 92.8 Å². The van der Waals surface area contributed by atoms with Crippen molar-refractivity contribution in [1.82, 2.24) is 29.6 Å². The standard InChI is InChI=1S/C27H37FN8O3/c1-39-18-21(28)17-35(13-3-2-7-22-9-8-20-6-4-11-29-26(20)33-22)15-10-23(27(37)38)34-24-16-25(31-19-30-24)36-14-5-12-32-36/h5,8-9,12,14,16,19,21,23H,2-4,6-7,10-11,13,15,17-18H2,1H3,(H,29,33)(H,37,38)(H,30,31,34)/t21-,23-/m0/s1. The Balaban J connectivity index is 1.31. The second-order valence-corrected chi connectivity index (χ2v) is 9.69. The molecule has 0 amide bonds. The largest absolute Gasteiger partial charge is 0.480 e. The molecule has 4 rings (SSSR count). The fourth-order valence-electron chi connectivity index (χ4n) is 4.66. The lowest BCUT2D eigenvalue weighted by Crippen LogP contribution is -2.38. The molecule has 0 spiro atoms. The van der Waals surface area contributed by atoms with Crippen LogP contribution in [0.4, 0.5) is 16.0 Å². The minimum absolute atomic E-state index is 0.000293. The number of hydrogen-bond acceptors (Lipinski definition) is 9. The number of fused-ring (bicyclic) bond motifs is 1. The van der Waals surface area contributed by atoms with Crippen molar-refractivity contribution in [2.75, 3.05) is 50.5 Å². The number of aryl methyl sites for hydroxylation is 2. The van der Waals surface area contributed by atoms with Crippen molar-refractivity contribution < 1.29 is 19.0 Å². The van der Waals surface area contributed by atoms with Crippen LogP contribution in [0.25, 0.3) is 5.82 Å². The van der Waals surface area contributed by atoms with E-state index in [0.29, 0.717) is 24.7 Å². The van der Waals surface area contributed by atoms with E-state index in [1.165, 1.54) is 19.0 Å². The summed E-state index contributed by atoms with van der Waals surface area (Å²) < 4.78 is 21.0. The van der Waals surface area contributed by atoms with E-state index in [-0.39, 0.29) is 19.6 Å². The topological polar surface area (TPSA) is 130 Å². The smallest absolute Gasteiger partial charge is 0.326 e. The lowest BCUT2D eigenvalue weighted by atomic mass is 10.1. The summed E-state index contributed by atoms with van der Waals surface area (Å²) in [5.74, 6) is 0.888. The number of carboxylic acids is 1. The molecule has 0 fully saturated rings. The van der Waals surface area contributed by atoms with Gasteiger partial charge in [0.1, 0.15) is 30.2 Å². The lowest BCUT2D eigenvalue weighted by molar-refractivity contribution is -0.138. The molecule has 0 radical (unpaired) electrons. The first-order valence-electron chi connectivity index (χ1n) is 13.4. The summed E-state index contributed by atoms with van der Waals surface area (Å²) in [6.07, 6.45) is 8.63. The quantitative estimate of drug-likeness (QED) is 0.233. The normalized spacial score (nSPS) is 14.4. The number of alkyl halides is 1. The van der Waals surface area contributed by atoms with E-state index in [4.69, 9.17) is 9.72 Å². The number of rotatable bonds is 16. The van der Waals surface area contributed by atoms with E-state index in [1.807, 2.05) is 4.90 Å². The van der Waals surface area contributed by atoms with Crippen molar-refractivity contribution in [3.63, 3.8) is 0 Å². The molecule has 3 aromatic heterocycles. The Morgan fingerprint density at radius 1 is 1.31 bits per heavy atom. The molecule has 0 aliphatic carbocycles. The fourth-order valence-corrected chi connectivity index (χ4v) is 4.66. The van der Waals surface area contributed by atoms with Gasteiger partial charge in [-0.05, 0) is 62.8 Å². The number of methoxy groups -OCH3 is 1. The summed E-state index contributed by atoms with van der Waals surface area (Å²) in [5.41, 5.74) is 2.32. The zero-order valence-corrected chi connectivity index (χ0v) is 22.3. The summed E-state index contributed by atoms with van der Waals surface area (Å²) in [6.45, 7) is 2.19. The van der Waals surface area contributed by atoms with Gasteiger partial charge in [0.05, 0.1) is 6.61 Å². The van der Waals surface area contributed by atoms with Crippen molar-refractivity contribution in [3.8, 4) is 5.82 Å². The van der Waals surface area contributed by atoms with Crippen molar-refractivity contribution >= 4 is 17.6 Å². The van der Waals surface area contributed by atoms with Gasteiger partial charge in [0.25, 0.3) is 0 Å². The second-order valence-electron chi connectivity index (χ2n) is 9.69. The van der Waals surface area contributed by atoms with Crippen LogP contribution in [0, 0.1) is 0 Å². The number of pyridine rings is 1. The number of nitrogens with zero attached hydrogens (tertiary/aromatic N) is 6. The third-order valence-electron chi connectivity index (χ3n) is 6.66. The highest BCUT2D eigenvalue weighted by Crippen LogP contribution is 2.20. The first kappa shape index (κ1) is 28.4. The number of nitrogens with one attached hydrogen (secondary N) is 2. The maximum atomic E-state index is 14.5. The number of hydrogen-bond donors (Lipinski definition) is 3. The van der Waals surface area contributed by atoms with E-state index in [9.17, 15) is 14.3 Å². The van der Waals surface area contributed by atoms with Crippen LogP contribution >= 0.6 is 0 Å². The van der Waals surface area contributed by atoms with Gasteiger partial charge in [-0.1, -0.05) is 6.07 Å². The number of ether oxygens (including phenoxy) is 1. The van der Waals surface area contributed by atoms with Gasteiger partial charge in [0, 0.05) is 50.9 Å². The molecule has 39 heavy (non-hydrogen) atoms. The summed E-state index contributed by atoms with van der Waals surface area (Å²) in [5, 5.41) is 20.3. The third kappa shape index (κ3) is 8.69. The minimum atomic E-state index is -1.15. The average molecular weight is 541 g/mol. The molecule has 0 saturated carbocycles. The summed E-state index contributed by atoms with van der Waals surface area (Å²) in [4.78, 5) is 27.1. The summed E-state index contributed by atoms with van der Waals surface area (Å²) in [7, 11) is 1.47. The molecule has 2 atom stereocenters. The Morgan fingerprint density at radius 2 is 2.21 bits per heavy atom. The highest BCUT2D eigenvalue weighted by atomic mass is 19.1. The molecule has 0 aromatic carbocycles. The Hall–Kier alpha value is -3.64. The second kappa shape index (κ2) is 14.5. The Labute approximate surface area is 227 Å². The third-order valence-corrected chi connectivity index (χ3v) is 6.66. The van der Waals surface area contributed by atoms with Crippen LogP contribution in [0.2, 0.25) is 0 Å². The number of aromatic nitrogens is 5. The highest BCUT2D eigenvalue weighted by molar-refractivity contribution is 5.76. The number of carbonyl (C=O) groups is 1. The summed E-state index contributed by atoms with van der Waals surface area (Å²) >= 11 is 0. The molecular formula is C27H37FN8O3. The predicted octanol–water partition coefficient (Wildman–Crippen LogP) is 2.98. The van der Waals surface area contributed by atoms with Gasteiger partial charge in [0.15, 0.2) is 5.82 Å². The van der Waals surface area contributed by atoms with Gasteiger partial charge in [-0.25, -0.2) is 28.8 Å². The number of aliphatic carboxylic acids is 1. The average Bonchev–Trinajstić information content (AvgIpc) is 3.48. The van der Waals surface area contributed by atoms with Crippen molar-refractivity contribution in [2.45, 2.75) is 50.7 Å². The number of carboxylic acid groups (broad SMARTS) is 1. The van der Waals surface area contributed by atoms with Gasteiger partial charge in [-0.15, -0.1) is 0 Å². The van der Waals surface area contributed by atoms with Crippen LogP contribution < -0.4 is 10.6 Å². The lowest BCUT2D eigenvalue weighted by Gasteiger charge is -2.26. The molecule has 4 heterocycles. The molecule has 1 aliphatic rings. The molecule has 1 aliphatic heterocycles. The number of unbranched alkanes of at least 4 members (excludes halogenated alkanes) is 1. The van der Waals surface area contributed by atoms with Gasteiger partial charge >= 0.3 is 5.97 Å². The Bertz CT molecular complexity index is 1180. The van der Waals surface area contributed by atoms with Crippen molar-refractivity contribution in [1.29, 1.82) is 0 Å². The van der Waals surface area contributed by atoms with Gasteiger partial charge < -0.3 is 25.4 Å². The number of halogens is 1. The molecule has 0 unspecified atom stereocenters. The molecule has 12 heteroatoms. The van der Waals surface area contributed by atoms with Gasteiger partial charge in [-0.2, -0.15) is 5.10 Å². The van der Waals surface area contributed by atoms with Crippen molar-refractivity contribution in [2.24, 2.45) is 0 Å². The fraction of sp³-hybridized carbons (Fsp3) is 0.519. The molecule has 3 N–H and O–H groups in total. The maximum absolute atomic E-state index is 14.5. The van der Waals surface area contributed by atoms with Crippen LogP contribution in [0.5, 0.6) is 0 Å². The van der Waals surface area contributed by atoms with Crippen LogP contribution in [-0.2, 0) is 22.4 Å². The molecule has 3 aromatic rings. The van der Waals surface area contributed by atoms with Gasteiger partial charge in [0.2, 0.25) is 0 Å². The highest BCUT2D eigenvalue weighted by Gasteiger charge is 2.21. The van der Waals surface area contributed by atoms with Gasteiger partial charge in [-0.3, -0.25) is 0 Å². The molecule has 0 bridgehead atoms. The first-order valence-corrected chi connectivity index (χ1v) is 13.4. The number of anilines is 2. The minimum Gasteiger partial charge on any atom is -0.480 e. The van der Waals surface area contributed by atoms with Crippen LogP contribution in [0.3, 0.4) is 0 Å². The summed E-state index contributed by atoms with van der Waals surface area (Å²) in [6, 6.07) is 6.75. The predicted molar refractivity (Wildman–Crippen MR) is 146 cm³/mol. The molecule has 0 saturated heterocycles. The monoisotopic (exact) mass is 540 g/mol. The Morgan fingerprint density at radius 3 is 3.00 bits per heavy atom. The van der Waals surface area contributed by atoms with E-state index < -0.39 is 18.2 Å².